The molecule has 2 heterocycles. The number of rotatable bonds is 7. The van der Waals surface area contributed by atoms with E-state index in [1.54, 1.807) is 0 Å². The second-order valence-electron chi connectivity index (χ2n) is 8.93. The van der Waals surface area contributed by atoms with Gasteiger partial charge in [0.25, 0.3) is 0 Å². The smallest absolute Gasteiger partial charge is 0.191 e. The number of likely N-dealkylation sites (N-methyl/N-ethyl adjacent to an activating group) is 1. The predicted molar refractivity (Wildman–Crippen MR) is 144 cm³/mol. The first-order valence-corrected chi connectivity index (χ1v) is 11.8. The fourth-order valence-electron chi connectivity index (χ4n) is 4.39. The van der Waals surface area contributed by atoms with Crippen molar-refractivity contribution < 1.29 is 0 Å². The average Bonchev–Trinajstić information content (AvgIpc) is 3.18. The van der Waals surface area contributed by atoms with E-state index in [1.807, 2.05) is 18.2 Å². The molecule has 31 heavy (non-hydrogen) atoms. The molecule has 3 rings (SSSR count). The van der Waals surface area contributed by atoms with Crippen LogP contribution in [-0.2, 0) is 0 Å². The van der Waals surface area contributed by atoms with Gasteiger partial charge in [0.05, 0.1) is 6.54 Å². The minimum atomic E-state index is 0. The number of nitrogens with zero attached hydrogens (tertiary/aromatic N) is 4. The normalized spacial score (nSPS) is 21.8. The maximum atomic E-state index is 6.18. The first-order chi connectivity index (χ1) is 14.5. The molecule has 2 aliphatic heterocycles. The molecular weight excluding hydrogens is 523 g/mol. The SMILES string of the molecule is CCNC(=NCC(C(C)C)N1CCN(C)CC1)NC1CCN(c2cccc(Cl)c2)C1.I. The molecule has 0 radical (unpaired) electrons. The van der Waals surface area contributed by atoms with Gasteiger partial charge in [-0.3, -0.25) is 9.89 Å². The first kappa shape index (κ1) is 26.5. The topological polar surface area (TPSA) is 46.1 Å². The van der Waals surface area contributed by atoms with Crippen molar-refractivity contribution in [2.75, 3.05) is 64.3 Å². The van der Waals surface area contributed by atoms with E-state index in [0.717, 1.165) is 69.8 Å². The quantitative estimate of drug-likeness (QED) is 0.303. The summed E-state index contributed by atoms with van der Waals surface area (Å²) < 4.78 is 0. The molecule has 2 fully saturated rings. The first-order valence-electron chi connectivity index (χ1n) is 11.4. The lowest BCUT2D eigenvalue weighted by molar-refractivity contribution is 0.0925. The third-order valence-corrected chi connectivity index (χ3v) is 6.49. The van der Waals surface area contributed by atoms with Crippen molar-refractivity contribution in [1.29, 1.82) is 0 Å². The van der Waals surface area contributed by atoms with E-state index in [9.17, 15) is 0 Å². The summed E-state index contributed by atoms with van der Waals surface area (Å²) in [6.07, 6.45) is 1.10. The van der Waals surface area contributed by atoms with Gasteiger partial charge in [-0.05, 0) is 44.5 Å². The Morgan fingerprint density at radius 3 is 2.58 bits per heavy atom. The van der Waals surface area contributed by atoms with Gasteiger partial charge in [-0.1, -0.05) is 31.5 Å². The maximum Gasteiger partial charge on any atom is 0.191 e. The van der Waals surface area contributed by atoms with Gasteiger partial charge < -0.3 is 20.4 Å². The van der Waals surface area contributed by atoms with Gasteiger partial charge in [-0.25, -0.2) is 0 Å². The minimum Gasteiger partial charge on any atom is -0.369 e. The molecule has 0 aromatic heterocycles. The third kappa shape index (κ3) is 7.94. The molecule has 2 N–H and O–H groups in total. The fourth-order valence-corrected chi connectivity index (χ4v) is 4.57. The van der Waals surface area contributed by atoms with Crippen LogP contribution in [0.4, 0.5) is 5.69 Å². The molecule has 176 valence electrons. The van der Waals surface area contributed by atoms with Crippen LogP contribution in [0.15, 0.2) is 29.3 Å². The molecule has 0 bridgehead atoms. The average molecular weight is 563 g/mol. The van der Waals surface area contributed by atoms with Crippen LogP contribution in [0.5, 0.6) is 0 Å². The van der Waals surface area contributed by atoms with Crippen molar-refractivity contribution >= 4 is 47.2 Å². The monoisotopic (exact) mass is 562 g/mol. The molecule has 0 aliphatic carbocycles. The number of benzene rings is 1. The van der Waals surface area contributed by atoms with Crippen molar-refractivity contribution in [2.24, 2.45) is 10.9 Å². The van der Waals surface area contributed by atoms with E-state index in [2.05, 4.69) is 59.2 Å². The van der Waals surface area contributed by atoms with Crippen LogP contribution in [0.1, 0.15) is 27.2 Å². The number of guanidine groups is 1. The highest BCUT2D eigenvalue weighted by atomic mass is 127. The Morgan fingerprint density at radius 1 is 1.19 bits per heavy atom. The molecule has 1 aromatic rings. The number of hydrogen-bond acceptors (Lipinski definition) is 4. The van der Waals surface area contributed by atoms with Crippen LogP contribution in [0, 0.1) is 5.92 Å². The van der Waals surface area contributed by atoms with Gasteiger partial charge in [0.1, 0.15) is 0 Å². The lowest BCUT2D eigenvalue weighted by Crippen LogP contribution is -2.52. The molecule has 2 aliphatic rings. The van der Waals surface area contributed by atoms with Gasteiger partial charge in [0, 0.05) is 68.6 Å². The Hall–Kier alpha value is -0.770. The van der Waals surface area contributed by atoms with Crippen LogP contribution >= 0.6 is 35.6 Å². The molecule has 2 unspecified atom stereocenters. The number of halogens is 2. The molecule has 6 nitrogen and oxygen atoms in total. The highest BCUT2D eigenvalue weighted by molar-refractivity contribution is 14.0. The lowest BCUT2D eigenvalue weighted by Gasteiger charge is -2.39. The van der Waals surface area contributed by atoms with Gasteiger partial charge in [-0.15, -0.1) is 24.0 Å². The summed E-state index contributed by atoms with van der Waals surface area (Å²) in [5.74, 6) is 1.53. The Balaban J connectivity index is 0.00000341. The molecular formula is C23H40ClIN6. The summed E-state index contributed by atoms with van der Waals surface area (Å²) in [6, 6.07) is 9.01. The molecule has 0 amide bonds. The summed E-state index contributed by atoms with van der Waals surface area (Å²) in [5, 5.41) is 7.92. The Morgan fingerprint density at radius 2 is 1.94 bits per heavy atom. The standard InChI is InChI=1S/C23H39ClN6.HI/c1-5-25-23(26-16-22(18(2)3)29-13-11-28(4)12-14-29)27-20-9-10-30(17-20)21-8-6-7-19(24)15-21;/h6-8,15,18,20,22H,5,9-14,16-17H2,1-4H3,(H2,25,26,27);1H. The second kappa shape index (κ2) is 13.1. The summed E-state index contributed by atoms with van der Waals surface area (Å²) in [7, 11) is 2.21. The van der Waals surface area contributed by atoms with E-state index in [4.69, 9.17) is 16.6 Å². The van der Waals surface area contributed by atoms with Gasteiger partial charge in [-0.2, -0.15) is 0 Å². The van der Waals surface area contributed by atoms with E-state index in [-0.39, 0.29) is 24.0 Å². The van der Waals surface area contributed by atoms with E-state index >= 15 is 0 Å². The van der Waals surface area contributed by atoms with E-state index in [0.29, 0.717) is 18.0 Å². The zero-order valence-electron chi connectivity index (χ0n) is 19.5. The number of hydrogen-bond donors (Lipinski definition) is 2. The molecule has 8 heteroatoms. The Labute approximate surface area is 210 Å². The number of anilines is 1. The Kier molecular flexibility index (Phi) is 11.2. The zero-order valence-corrected chi connectivity index (χ0v) is 22.6. The number of piperazine rings is 1. The van der Waals surface area contributed by atoms with Gasteiger partial charge in [0.15, 0.2) is 5.96 Å². The lowest BCUT2D eigenvalue weighted by atomic mass is 10.0. The predicted octanol–water partition coefficient (Wildman–Crippen LogP) is 3.36. The van der Waals surface area contributed by atoms with Crippen LogP contribution < -0.4 is 15.5 Å². The third-order valence-electron chi connectivity index (χ3n) is 6.26. The fraction of sp³-hybridized carbons (Fsp3) is 0.696. The zero-order chi connectivity index (χ0) is 21.5. The van der Waals surface area contributed by atoms with Crippen molar-refractivity contribution in [3.63, 3.8) is 0 Å². The molecule has 0 spiro atoms. The molecule has 2 atom stereocenters. The van der Waals surface area contributed by atoms with Crippen molar-refractivity contribution in [1.82, 2.24) is 20.4 Å². The summed E-state index contributed by atoms with van der Waals surface area (Å²) in [4.78, 5) is 12.4. The van der Waals surface area contributed by atoms with Crippen LogP contribution in [0.25, 0.3) is 0 Å². The summed E-state index contributed by atoms with van der Waals surface area (Å²) in [5.41, 5.74) is 1.20. The van der Waals surface area contributed by atoms with Crippen LogP contribution in [0.2, 0.25) is 5.02 Å². The van der Waals surface area contributed by atoms with Crippen molar-refractivity contribution in [3.05, 3.63) is 29.3 Å². The second-order valence-corrected chi connectivity index (χ2v) is 9.36. The van der Waals surface area contributed by atoms with Crippen LogP contribution in [-0.4, -0.2) is 87.2 Å². The number of nitrogens with one attached hydrogen (secondary N) is 2. The van der Waals surface area contributed by atoms with E-state index < -0.39 is 0 Å². The van der Waals surface area contributed by atoms with Gasteiger partial charge in [0.2, 0.25) is 0 Å². The molecule has 0 saturated carbocycles. The Bertz CT molecular complexity index is 692. The number of aliphatic imine (C=N–C) groups is 1. The van der Waals surface area contributed by atoms with Crippen molar-refractivity contribution in [2.45, 2.75) is 39.3 Å². The van der Waals surface area contributed by atoms with Gasteiger partial charge >= 0.3 is 0 Å². The highest BCUT2D eigenvalue weighted by Crippen LogP contribution is 2.23. The summed E-state index contributed by atoms with van der Waals surface area (Å²) >= 11 is 6.18. The van der Waals surface area contributed by atoms with Crippen LogP contribution in [0.3, 0.4) is 0 Å². The molecule has 2 saturated heterocycles. The highest BCUT2D eigenvalue weighted by Gasteiger charge is 2.26. The largest absolute Gasteiger partial charge is 0.369 e. The maximum absolute atomic E-state index is 6.18. The van der Waals surface area contributed by atoms with E-state index in [1.165, 1.54) is 5.69 Å². The minimum absolute atomic E-state index is 0. The molecule has 1 aromatic carbocycles. The summed E-state index contributed by atoms with van der Waals surface area (Å²) in [6.45, 7) is 15.0. The van der Waals surface area contributed by atoms with Crippen molar-refractivity contribution in [3.8, 4) is 0 Å².